The lowest BCUT2D eigenvalue weighted by Gasteiger charge is -2.12. The van der Waals surface area contributed by atoms with Crippen LogP contribution in [0.15, 0.2) is 30.3 Å². The van der Waals surface area contributed by atoms with Crippen molar-refractivity contribution < 1.29 is 17.8 Å². The monoisotopic (exact) mass is 258 g/mol. The molecule has 0 aliphatic carbocycles. The predicted molar refractivity (Wildman–Crippen MR) is 57.4 cm³/mol. The number of thiocyanates is 1. The van der Waals surface area contributed by atoms with Gasteiger partial charge < -0.3 is 0 Å². The summed E-state index contributed by atoms with van der Waals surface area (Å²) in [7, 11) is -4.75. The molecule has 0 aliphatic rings. The van der Waals surface area contributed by atoms with Crippen LogP contribution in [0.5, 0.6) is 0 Å². The summed E-state index contributed by atoms with van der Waals surface area (Å²) in [5, 5.41) is 9.75. The van der Waals surface area contributed by atoms with E-state index in [2.05, 4.69) is 0 Å². The molecule has 0 fully saturated rings. The van der Waals surface area contributed by atoms with Crippen LogP contribution in [-0.2, 0) is 10.3 Å². The van der Waals surface area contributed by atoms with Gasteiger partial charge in [-0.15, -0.1) is 3.71 Å². The highest BCUT2D eigenvalue weighted by molar-refractivity contribution is 8.10. The maximum atomic E-state index is 11.6. The molecule has 8 heteroatoms. The molecule has 0 unspecified atom stereocenters. The number of carbonyl (C=O) groups excluding carboxylic acids is 1. The summed E-state index contributed by atoms with van der Waals surface area (Å²) >= 11 is 0.0377. The fraction of sp³-hybridized carbons (Fsp3) is 0. The molecule has 0 aromatic heterocycles. The standard InChI is InChI=1S/C8H6N2O4S2/c9-6-15-10(16(12,13)14)8(11)7-4-2-1-3-5-7/h1-5H,(H,12,13,14). The van der Waals surface area contributed by atoms with Crippen molar-refractivity contribution in [2.45, 2.75) is 0 Å². The Labute approximate surface area is 96.5 Å². The van der Waals surface area contributed by atoms with Crippen molar-refractivity contribution in [3.8, 4) is 5.40 Å². The van der Waals surface area contributed by atoms with Gasteiger partial charge in [-0.25, -0.2) is 0 Å². The van der Waals surface area contributed by atoms with Crippen LogP contribution in [0, 0.1) is 10.7 Å². The van der Waals surface area contributed by atoms with Gasteiger partial charge in [0.15, 0.2) is 5.40 Å². The summed E-state index contributed by atoms with van der Waals surface area (Å²) in [4.78, 5) is 11.6. The number of nitriles is 1. The predicted octanol–water partition coefficient (Wildman–Crippen LogP) is 1.06. The lowest BCUT2D eigenvalue weighted by Crippen LogP contribution is -2.29. The van der Waals surface area contributed by atoms with E-state index in [1.54, 1.807) is 6.07 Å². The second-order valence-corrected chi connectivity index (χ2v) is 4.78. The number of hydrogen-bond acceptors (Lipinski definition) is 5. The van der Waals surface area contributed by atoms with E-state index in [9.17, 15) is 13.2 Å². The first kappa shape index (κ1) is 12.5. The van der Waals surface area contributed by atoms with Gasteiger partial charge in [-0.05, 0) is 12.1 Å². The molecule has 0 aliphatic heterocycles. The van der Waals surface area contributed by atoms with Crippen molar-refractivity contribution >= 4 is 28.2 Å². The van der Waals surface area contributed by atoms with E-state index in [0.717, 1.165) is 0 Å². The quantitative estimate of drug-likeness (QED) is 0.494. The van der Waals surface area contributed by atoms with Crippen LogP contribution in [0.25, 0.3) is 0 Å². The van der Waals surface area contributed by atoms with Gasteiger partial charge in [-0.2, -0.15) is 13.7 Å². The van der Waals surface area contributed by atoms with Gasteiger partial charge in [0.1, 0.15) is 0 Å². The Bertz CT molecular complexity index is 521. The first-order valence-corrected chi connectivity index (χ1v) is 6.07. The Morgan fingerprint density at radius 1 is 1.38 bits per heavy atom. The normalized spacial score (nSPS) is 10.5. The molecule has 1 amide bonds. The lowest BCUT2D eigenvalue weighted by atomic mass is 10.2. The molecule has 0 radical (unpaired) electrons. The van der Waals surface area contributed by atoms with E-state index in [1.165, 1.54) is 29.7 Å². The Balaban J connectivity index is 3.08. The van der Waals surface area contributed by atoms with Gasteiger partial charge in [-0.3, -0.25) is 9.35 Å². The van der Waals surface area contributed by atoms with Gasteiger partial charge in [0.2, 0.25) is 0 Å². The number of carbonyl (C=O) groups is 1. The topological polar surface area (TPSA) is 98.5 Å². The zero-order valence-electron chi connectivity index (χ0n) is 7.77. The van der Waals surface area contributed by atoms with E-state index >= 15 is 0 Å². The van der Waals surface area contributed by atoms with Crippen LogP contribution in [0.1, 0.15) is 10.4 Å². The van der Waals surface area contributed by atoms with Crippen molar-refractivity contribution in [2.75, 3.05) is 0 Å². The van der Waals surface area contributed by atoms with Crippen molar-refractivity contribution in [2.24, 2.45) is 0 Å². The van der Waals surface area contributed by atoms with Crippen LogP contribution >= 0.6 is 11.9 Å². The highest BCUT2D eigenvalue weighted by atomic mass is 32.3. The molecular weight excluding hydrogens is 252 g/mol. The van der Waals surface area contributed by atoms with Crippen LogP contribution in [0.4, 0.5) is 0 Å². The Hall–Kier alpha value is -1.56. The van der Waals surface area contributed by atoms with E-state index < -0.39 is 16.2 Å². The van der Waals surface area contributed by atoms with E-state index in [0.29, 0.717) is 0 Å². The molecular formula is C8H6N2O4S2. The summed E-state index contributed by atoms with van der Waals surface area (Å²) in [6, 6.07) is 7.46. The van der Waals surface area contributed by atoms with Crippen molar-refractivity contribution in [1.82, 2.24) is 3.71 Å². The van der Waals surface area contributed by atoms with Crippen LogP contribution in [-0.4, -0.2) is 22.6 Å². The summed E-state index contributed by atoms with van der Waals surface area (Å²) < 4.78 is 30.4. The molecule has 0 saturated carbocycles. The highest BCUT2D eigenvalue weighted by Crippen LogP contribution is 2.17. The molecule has 0 bridgehead atoms. The molecule has 0 saturated heterocycles. The number of amides is 1. The maximum Gasteiger partial charge on any atom is 0.373 e. The van der Waals surface area contributed by atoms with Crippen LogP contribution < -0.4 is 0 Å². The molecule has 1 aromatic rings. The number of benzene rings is 1. The molecule has 1 N–H and O–H groups in total. The van der Waals surface area contributed by atoms with Gasteiger partial charge >= 0.3 is 10.3 Å². The van der Waals surface area contributed by atoms with Gasteiger partial charge in [0.25, 0.3) is 5.91 Å². The Morgan fingerprint density at radius 2 is 1.94 bits per heavy atom. The summed E-state index contributed by atoms with van der Waals surface area (Å²) in [5.41, 5.74) is 0.0582. The molecule has 1 aromatic carbocycles. The maximum absolute atomic E-state index is 11.6. The molecule has 0 atom stereocenters. The first-order chi connectivity index (χ1) is 7.46. The van der Waals surface area contributed by atoms with Gasteiger partial charge in [-0.1, -0.05) is 18.2 Å². The fourth-order valence-corrected chi connectivity index (χ4v) is 1.97. The molecule has 0 spiro atoms. The largest absolute Gasteiger partial charge is 0.373 e. The van der Waals surface area contributed by atoms with E-state index in [1.807, 2.05) is 0 Å². The second kappa shape index (κ2) is 4.98. The van der Waals surface area contributed by atoms with Crippen LogP contribution in [0.3, 0.4) is 0 Å². The summed E-state index contributed by atoms with van der Waals surface area (Å²) in [6.45, 7) is 0. The molecule has 84 valence electrons. The average Bonchev–Trinajstić information content (AvgIpc) is 2.25. The highest BCUT2D eigenvalue weighted by Gasteiger charge is 2.27. The smallest absolute Gasteiger partial charge is 0.268 e. The SMILES string of the molecule is N#CSN(C(=O)c1ccccc1)S(=O)(=O)O. The zero-order chi connectivity index (χ0) is 12.2. The number of nitrogens with zero attached hydrogens (tertiary/aromatic N) is 2. The summed E-state index contributed by atoms with van der Waals surface area (Å²) in [5.74, 6) is -0.977. The molecule has 0 heterocycles. The minimum atomic E-state index is -4.75. The second-order valence-electron chi connectivity index (χ2n) is 2.56. The summed E-state index contributed by atoms with van der Waals surface area (Å²) in [6.07, 6.45) is 0. The lowest BCUT2D eigenvalue weighted by molar-refractivity contribution is 0.0923. The Kier molecular flexibility index (Phi) is 3.89. The third-order valence-electron chi connectivity index (χ3n) is 1.52. The minimum absolute atomic E-state index is 0.0162. The first-order valence-electron chi connectivity index (χ1n) is 3.90. The third-order valence-corrected chi connectivity index (χ3v) is 3.31. The minimum Gasteiger partial charge on any atom is -0.268 e. The van der Waals surface area contributed by atoms with Crippen molar-refractivity contribution in [1.29, 1.82) is 5.26 Å². The van der Waals surface area contributed by atoms with Crippen molar-refractivity contribution in [3.05, 3.63) is 35.9 Å². The molecule has 6 nitrogen and oxygen atoms in total. The zero-order valence-corrected chi connectivity index (χ0v) is 9.40. The van der Waals surface area contributed by atoms with Crippen molar-refractivity contribution in [3.63, 3.8) is 0 Å². The third kappa shape index (κ3) is 2.96. The Morgan fingerprint density at radius 3 is 2.38 bits per heavy atom. The van der Waals surface area contributed by atoms with E-state index in [4.69, 9.17) is 9.81 Å². The average molecular weight is 258 g/mol. The number of hydrogen-bond donors (Lipinski definition) is 1. The molecule has 16 heavy (non-hydrogen) atoms. The number of rotatable bonds is 3. The van der Waals surface area contributed by atoms with Gasteiger partial charge in [0, 0.05) is 5.56 Å². The van der Waals surface area contributed by atoms with Crippen LogP contribution in [0.2, 0.25) is 0 Å². The van der Waals surface area contributed by atoms with Gasteiger partial charge in [0.05, 0.1) is 11.9 Å². The fourth-order valence-electron chi connectivity index (χ4n) is 0.917. The van der Waals surface area contributed by atoms with E-state index in [-0.39, 0.29) is 21.2 Å². The molecule has 1 rings (SSSR count).